The van der Waals surface area contributed by atoms with Crippen molar-refractivity contribution in [1.29, 1.82) is 0 Å². The molecule has 1 N–H and O–H groups in total. The van der Waals surface area contributed by atoms with E-state index in [1.165, 1.54) is 6.07 Å². The third-order valence-corrected chi connectivity index (χ3v) is 8.02. The minimum absolute atomic E-state index is 0.0421. The van der Waals surface area contributed by atoms with Crippen LogP contribution in [0.4, 0.5) is 23.7 Å². The van der Waals surface area contributed by atoms with Crippen LogP contribution >= 0.6 is 11.6 Å². The van der Waals surface area contributed by atoms with Crippen LogP contribution in [0.5, 0.6) is 0 Å². The van der Waals surface area contributed by atoms with Crippen LogP contribution in [-0.4, -0.2) is 108 Å². The number of carbonyl (C=O) groups excluding carboxylic acids is 3. The molecule has 1 aromatic rings. The maximum absolute atomic E-state index is 13.8. The summed E-state index contributed by atoms with van der Waals surface area (Å²) >= 11 is 5.96. The van der Waals surface area contributed by atoms with Gasteiger partial charge >= 0.3 is 12.3 Å². The summed E-state index contributed by atoms with van der Waals surface area (Å²) < 4.78 is 45.7. The molecule has 3 unspecified atom stereocenters. The molecular weight excluding hydrogens is 563 g/mol. The van der Waals surface area contributed by atoms with Crippen molar-refractivity contribution in [3.8, 4) is 0 Å². The van der Waals surface area contributed by atoms with Crippen molar-refractivity contribution in [3.63, 3.8) is 0 Å². The third-order valence-electron chi connectivity index (χ3n) is 7.81. The van der Waals surface area contributed by atoms with Gasteiger partial charge in [0.25, 0.3) is 0 Å². The average Bonchev–Trinajstić information content (AvgIpc) is 2.88. The summed E-state index contributed by atoms with van der Waals surface area (Å²) in [5, 5.41) is 2.85. The topological polar surface area (TPSA) is 85.4 Å². The number of ether oxygens (including phenoxy) is 1. The summed E-state index contributed by atoms with van der Waals surface area (Å²) in [5.41, 5.74) is -1.53. The Morgan fingerprint density at radius 3 is 2.29 bits per heavy atom. The lowest BCUT2D eigenvalue weighted by atomic mass is 9.87. The molecule has 1 aromatic carbocycles. The maximum atomic E-state index is 13.8. The van der Waals surface area contributed by atoms with Crippen molar-refractivity contribution >= 4 is 35.2 Å². The van der Waals surface area contributed by atoms with Gasteiger partial charge in [0, 0.05) is 56.5 Å². The second-order valence-electron chi connectivity index (χ2n) is 12.1. The first kappa shape index (κ1) is 31.2. The minimum Gasteiger partial charge on any atom is -0.444 e. The highest BCUT2D eigenvalue weighted by atomic mass is 35.5. The number of hydrogen-bond acceptors (Lipinski definition) is 6. The van der Waals surface area contributed by atoms with Gasteiger partial charge < -0.3 is 29.7 Å². The highest BCUT2D eigenvalue weighted by molar-refractivity contribution is 6.31. The molecule has 9 nitrogen and oxygen atoms in total. The van der Waals surface area contributed by atoms with Gasteiger partial charge in [-0.25, -0.2) is 4.79 Å². The van der Waals surface area contributed by atoms with Gasteiger partial charge in [0.05, 0.1) is 17.5 Å². The van der Waals surface area contributed by atoms with Crippen molar-refractivity contribution in [2.24, 2.45) is 5.92 Å². The molecule has 3 atom stereocenters. The number of amides is 3. The molecule has 3 saturated heterocycles. The molecule has 41 heavy (non-hydrogen) atoms. The number of likely N-dealkylation sites (tertiary alicyclic amines) is 2. The lowest BCUT2D eigenvalue weighted by molar-refractivity contribution is -0.148. The number of rotatable bonds is 4. The number of anilines is 1. The van der Waals surface area contributed by atoms with Gasteiger partial charge in [-0.15, -0.1) is 0 Å². The molecule has 0 radical (unpaired) electrons. The highest BCUT2D eigenvalue weighted by Gasteiger charge is 2.45. The molecule has 3 heterocycles. The molecule has 3 aliphatic heterocycles. The Morgan fingerprint density at radius 1 is 0.976 bits per heavy atom. The number of likely N-dealkylation sites (N-methyl/N-ethyl adjacent to an activating group) is 1. The number of hydrogen-bond donors (Lipinski definition) is 1. The second-order valence-corrected chi connectivity index (χ2v) is 12.6. The zero-order valence-electron chi connectivity index (χ0n) is 24.0. The molecule has 0 aromatic heterocycles. The molecule has 228 valence electrons. The fourth-order valence-electron chi connectivity index (χ4n) is 5.69. The molecular formula is C28H39ClF3N5O4. The summed E-state index contributed by atoms with van der Waals surface area (Å²) in [4.78, 5) is 47.7. The van der Waals surface area contributed by atoms with Crippen LogP contribution < -0.4 is 5.32 Å². The Labute approximate surface area is 243 Å². The van der Waals surface area contributed by atoms with Crippen LogP contribution in [0.3, 0.4) is 0 Å². The van der Waals surface area contributed by atoms with Crippen LogP contribution in [0.25, 0.3) is 0 Å². The molecule has 0 saturated carbocycles. The summed E-state index contributed by atoms with van der Waals surface area (Å²) in [6.45, 7) is 8.83. The summed E-state index contributed by atoms with van der Waals surface area (Å²) in [6.07, 6.45) is -3.74. The highest BCUT2D eigenvalue weighted by Crippen LogP contribution is 2.35. The zero-order chi connectivity index (χ0) is 30.1. The molecule has 3 aliphatic rings. The van der Waals surface area contributed by atoms with E-state index in [0.717, 1.165) is 25.2 Å². The van der Waals surface area contributed by atoms with Gasteiger partial charge in [-0.2, -0.15) is 13.2 Å². The fraction of sp³-hybridized carbons (Fsp3) is 0.679. The number of alkyl halides is 3. The van der Waals surface area contributed by atoms with Crippen LogP contribution in [-0.2, 0) is 20.5 Å². The first-order valence-electron chi connectivity index (χ1n) is 14.0. The molecule has 13 heteroatoms. The summed E-state index contributed by atoms with van der Waals surface area (Å²) in [6, 6.07) is 1.73. The monoisotopic (exact) mass is 601 g/mol. The maximum Gasteiger partial charge on any atom is 0.416 e. The Hall–Kier alpha value is -2.73. The molecule has 0 aliphatic carbocycles. The largest absolute Gasteiger partial charge is 0.444 e. The quantitative estimate of drug-likeness (QED) is 0.558. The number of nitrogens with one attached hydrogen (secondary N) is 1. The lowest BCUT2D eigenvalue weighted by Crippen LogP contribution is -2.63. The van der Waals surface area contributed by atoms with E-state index in [-0.39, 0.29) is 29.1 Å². The van der Waals surface area contributed by atoms with Crippen LogP contribution in [0.1, 0.15) is 45.6 Å². The van der Waals surface area contributed by atoms with Crippen molar-refractivity contribution in [2.75, 3.05) is 58.2 Å². The van der Waals surface area contributed by atoms with Crippen LogP contribution in [0.15, 0.2) is 18.2 Å². The van der Waals surface area contributed by atoms with Gasteiger partial charge in [-0.1, -0.05) is 11.6 Å². The number of piperazine rings is 1. The van der Waals surface area contributed by atoms with Crippen LogP contribution in [0.2, 0.25) is 5.02 Å². The third kappa shape index (κ3) is 7.77. The Kier molecular flexibility index (Phi) is 9.32. The molecule has 0 spiro atoms. The predicted octanol–water partition coefficient (Wildman–Crippen LogP) is 4.16. The number of nitrogens with zero attached hydrogens (tertiary/aromatic N) is 4. The van der Waals surface area contributed by atoms with Gasteiger partial charge in [-0.3, -0.25) is 9.59 Å². The van der Waals surface area contributed by atoms with Crippen molar-refractivity contribution < 1.29 is 32.3 Å². The Bertz CT molecular complexity index is 1140. The van der Waals surface area contributed by atoms with Gasteiger partial charge in [0.1, 0.15) is 11.6 Å². The van der Waals surface area contributed by atoms with Gasteiger partial charge in [0.15, 0.2) is 0 Å². The lowest BCUT2D eigenvalue weighted by Gasteiger charge is -2.47. The molecule has 3 fully saturated rings. The summed E-state index contributed by atoms with van der Waals surface area (Å²) in [5.74, 6) is -0.876. The van der Waals surface area contributed by atoms with E-state index in [1.807, 2.05) is 11.9 Å². The fourth-order valence-corrected chi connectivity index (χ4v) is 5.92. The molecule has 4 rings (SSSR count). The van der Waals surface area contributed by atoms with Crippen molar-refractivity contribution in [1.82, 2.24) is 19.6 Å². The number of benzene rings is 1. The van der Waals surface area contributed by atoms with Crippen molar-refractivity contribution in [3.05, 3.63) is 28.8 Å². The van der Waals surface area contributed by atoms with Crippen LogP contribution in [0, 0.1) is 5.92 Å². The number of piperidine rings is 2. The van der Waals surface area contributed by atoms with E-state index in [4.69, 9.17) is 16.3 Å². The molecule has 0 bridgehead atoms. The van der Waals surface area contributed by atoms with Crippen molar-refractivity contribution in [2.45, 2.75) is 63.9 Å². The summed E-state index contributed by atoms with van der Waals surface area (Å²) in [7, 11) is 2.00. The predicted molar refractivity (Wildman–Crippen MR) is 149 cm³/mol. The van der Waals surface area contributed by atoms with E-state index >= 15 is 0 Å². The van der Waals surface area contributed by atoms with E-state index in [2.05, 4.69) is 10.2 Å². The zero-order valence-corrected chi connectivity index (χ0v) is 24.7. The molecule has 3 amide bonds. The normalized spacial score (nSPS) is 24.8. The minimum atomic E-state index is -4.59. The van der Waals surface area contributed by atoms with E-state index in [9.17, 15) is 27.6 Å². The Balaban J connectivity index is 1.57. The van der Waals surface area contributed by atoms with Gasteiger partial charge in [0.2, 0.25) is 11.8 Å². The Morgan fingerprint density at radius 2 is 1.66 bits per heavy atom. The standard InChI is InChI=1S/C28H39ClF3N5O4/c1-27(2,3)41-26(40)36-9-7-21(24(38)35-12-10-34(4)11-13-35)23(17-36)37-8-5-6-22(25(37)39)33-20-15-18(28(30,31)32)14-19(29)16-20/h14-16,21-23,33H,5-13,17H2,1-4H3. The number of halogens is 4. The average molecular weight is 602 g/mol. The van der Waals surface area contributed by atoms with E-state index in [1.54, 1.807) is 30.6 Å². The van der Waals surface area contributed by atoms with Gasteiger partial charge in [-0.05, 0) is 65.3 Å². The van der Waals surface area contributed by atoms with E-state index < -0.39 is 41.4 Å². The smallest absolute Gasteiger partial charge is 0.416 e. The first-order valence-corrected chi connectivity index (χ1v) is 14.4. The SMILES string of the molecule is CN1CCN(C(=O)C2CCN(C(=O)OC(C)(C)C)CC2N2CCCC(Nc3cc(Cl)cc(C(F)(F)F)c3)C2=O)CC1. The number of carbonyl (C=O) groups is 3. The van der Waals surface area contributed by atoms with E-state index in [0.29, 0.717) is 45.4 Å². The second kappa shape index (κ2) is 12.2. The first-order chi connectivity index (χ1) is 19.1.